The minimum atomic E-state index is -0.620. The van der Waals surface area contributed by atoms with E-state index in [1.807, 2.05) is 39.0 Å². The molecule has 0 saturated carbocycles. The minimum absolute atomic E-state index is 0.0961. The van der Waals surface area contributed by atoms with E-state index in [1.54, 1.807) is 29.2 Å². The Morgan fingerprint density at radius 3 is 2.30 bits per heavy atom. The van der Waals surface area contributed by atoms with Gasteiger partial charge in [-0.3, -0.25) is 9.59 Å². The maximum atomic E-state index is 13.3. The first-order valence-electron chi connectivity index (χ1n) is 9.97. The molecule has 0 aliphatic carbocycles. The zero-order valence-electron chi connectivity index (χ0n) is 17.4. The number of hydrogen-bond donors (Lipinski definition) is 1. The van der Waals surface area contributed by atoms with Crippen LogP contribution in [0.1, 0.15) is 38.3 Å². The van der Waals surface area contributed by atoms with Gasteiger partial charge in [0.1, 0.15) is 6.04 Å². The predicted molar refractivity (Wildman–Crippen MR) is 124 cm³/mol. The van der Waals surface area contributed by atoms with Crippen LogP contribution in [0.2, 0.25) is 15.1 Å². The van der Waals surface area contributed by atoms with Gasteiger partial charge < -0.3 is 10.2 Å². The molecule has 162 valence electrons. The van der Waals surface area contributed by atoms with Crippen molar-refractivity contribution in [3.8, 4) is 0 Å². The van der Waals surface area contributed by atoms with Crippen molar-refractivity contribution in [3.05, 3.63) is 68.7 Å². The third kappa shape index (κ3) is 6.90. The van der Waals surface area contributed by atoms with Crippen molar-refractivity contribution in [3.63, 3.8) is 0 Å². The summed E-state index contributed by atoms with van der Waals surface area (Å²) in [6, 6.07) is 11.7. The first-order valence-corrected chi connectivity index (χ1v) is 11.1. The highest BCUT2D eigenvalue weighted by Gasteiger charge is 2.29. The van der Waals surface area contributed by atoms with Gasteiger partial charge in [-0.2, -0.15) is 0 Å². The average molecular weight is 470 g/mol. The summed E-state index contributed by atoms with van der Waals surface area (Å²) in [5, 5.41) is 4.43. The monoisotopic (exact) mass is 468 g/mol. The predicted octanol–water partition coefficient (Wildman–Crippen LogP) is 5.77. The van der Waals surface area contributed by atoms with Crippen LogP contribution in [0.3, 0.4) is 0 Å². The van der Waals surface area contributed by atoms with Crippen molar-refractivity contribution in [1.29, 1.82) is 0 Å². The zero-order valence-corrected chi connectivity index (χ0v) is 19.7. The molecular formula is C23H27Cl3N2O2. The average Bonchev–Trinajstić information content (AvgIpc) is 2.69. The Hall–Kier alpha value is -1.75. The molecule has 2 amide bonds. The van der Waals surface area contributed by atoms with E-state index < -0.39 is 6.04 Å². The van der Waals surface area contributed by atoms with Gasteiger partial charge in [0.15, 0.2) is 0 Å². The number of carbonyl (C=O) groups is 2. The van der Waals surface area contributed by atoms with Crippen molar-refractivity contribution in [2.45, 2.75) is 46.2 Å². The van der Waals surface area contributed by atoms with E-state index in [1.165, 1.54) is 0 Å². The third-order valence-electron chi connectivity index (χ3n) is 4.73. The number of rotatable bonds is 9. The maximum absolute atomic E-state index is 13.3. The van der Waals surface area contributed by atoms with Crippen LogP contribution in [-0.4, -0.2) is 29.3 Å². The smallest absolute Gasteiger partial charge is 0.242 e. The van der Waals surface area contributed by atoms with Gasteiger partial charge >= 0.3 is 0 Å². The fraction of sp³-hybridized carbons (Fsp3) is 0.391. The van der Waals surface area contributed by atoms with Crippen LogP contribution >= 0.6 is 34.8 Å². The Kier molecular flexibility index (Phi) is 9.47. The van der Waals surface area contributed by atoms with Gasteiger partial charge in [0.05, 0.1) is 6.42 Å². The van der Waals surface area contributed by atoms with Crippen LogP contribution in [0.25, 0.3) is 0 Å². The molecular weight excluding hydrogens is 443 g/mol. The van der Waals surface area contributed by atoms with Crippen LogP contribution < -0.4 is 5.32 Å². The summed E-state index contributed by atoms with van der Waals surface area (Å²) >= 11 is 18.6. The molecule has 2 aromatic carbocycles. The fourth-order valence-corrected chi connectivity index (χ4v) is 3.75. The zero-order chi connectivity index (χ0) is 22.3. The number of halogens is 3. The highest BCUT2D eigenvalue weighted by molar-refractivity contribution is 6.35. The van der Waals surface area contributed by atoms with Crippen LogP contribution in [-0.2, 0) is 22.6 Å². The van der Waals surface area contributed by atoms with E-state index in [2.05, 4.69) is 5.32 Å². The standard InChI is InChI=1S/C23H27Cl3N2O2/c1-4-21(23(30)27-13-15(2)3)28(14-17-9-10-18(24)12-20(17)26)22(29)11-16-7-5-6-8-19(16)25/h5-10,12,15,21H,4,11,13-14H2,1-3H3,(H,27,30)/t21-/m0/s1. The molecule has 7 heteroatoms. The quantitative estimate of drug-likeness (QED) is 0.507. The molecule has 0 saturated heterocycles. The first kappa shape index (κ1) is 24.5. The lowest BCUT2D eigenvalue weighted by atomic mass is 10.1. The van der Waals surface area contributed by atoms with Crippen molar-refractivity contribution < 1.29 is 9.59 Å². The summed E-state index contributed by atoms with van der Waals surface area (Å²) in [6.07, 6.45) is 0.572. The molecule has 0 unspecified atom stereocenters. The molecule has 1 atom stereocenters. The molecule has 0 fully saturated rings. The van der Waals surface area contributed by atoms with Crippen LogP contribution in [0.5, 0.6) is 0 Å². The lowest BCUT2D eigenvalue weighted by Gasteiger charge is -2.31. The number of amides is 2. The van der Waals surface area contributed by atoms with Crippen LogP contribution in [0, 0.1) is 5.92 Å². The maximum Gasteiger partial charge on any atom is 0.242 e. The molecule has 4 nitrogen and oxygen atoms in total. The van der Waals surface area contributed by atoms with Gasteiger partial charge in [0, 0.05) is 28.2 Å². The minimum Gasteiger partial charge on any atom is -0.354 e. The van der Waals surface area contributed by atoms with Gasteiger partial charge in [-0.1, -0.05) is 79.8 Å². The number of hydrogen-bond acceptors (Lipinski definition) is 2. The number of carbonyl (C=O) groups excluding carboxylic acids is 2. The Balaban J connectivity index is 2.33. The fourth-order valence-electron chi connectivity index (χ4n) is 3.08. The molecule has 0 aliphatic rings. The molecule has 0 heterocycles. The van der Waals surface area contributed by atoms with Gasteiger partial charge in [0.25, 0.3) is 0 Å². The summed E-state index contributed by atoms with van der Waals surface area (Å²) in [5.74, 6) is -0.0612. The molecule has 0 spiro atoms. The lowest BCUT2D eigenvalue weighted by molar-refractivity contribution is -0.141. The largest absolute Gasteiger partial charge is 0.354 e. The second-order valence-corrected chi connectivity index (χ2v) is 8.84. The van der Waals surface area contributed by atoms with Gasteiger partial charge in [-0.25, -0.2) is 0 Å². The molecule has 2 rings (SSSR count). The van der Waals surface area contributed by atoms with E-state index in [4.69, 9.17) is 34.8 Å². The Morgan fingerprint density at radius 2 is 1.70 bits per heavy atom. The normalized spacial score (nSPS) is 12.0. The number of nitrogens with one attached hydrogen (secondary N) is 1. The molecule has 1 N–H and O–H groups in total. The Labute approximate surface area is 193 Å². The topological polar surface area (TPSA) is 49.4 Å². The van der Waals surface area contributed by atoms with Crippen molar-refractivity contribution in [2.24, 2.45) is 5.92 Å². The van der Waals surface area contributed by atoms with E-state index in [9.17, 15) is 9.59 Å². The summed E-state index contributed by atoms with van der Waals surface area (Å²) in [7, 11) is 0. The van der Waals surface area contributed by atoms with E-state index in [0.717, 1.165) is 5.56 Å². The SMILES string of the molecule is CC[C@@H](C(=O)NCC(C)C)N(Cc1ccc(Cl)cc1Cl)C(=O)Cc1ccccc1Cl. The summed E-state index contributed by atoms with van der Waals surface area (Å²) in [5.41, 5.74) is 1.44. The van der Waals surface area contributed by atoms with E-state index >= 15 is 0 Å². The Bertz CT molecular complexity index is 887. The molecule has 0 radical (unpaired) electrons. The third-order valence-corrected chi connectivity index (χ3v) is 5.68. The van der Waals surface area contributed by atoms with E-state index in [0.29, 0.717) is 39.5 Å². The Morgan fingerprint density at radius 1 is 1.00 bits per heavy atom. The van der Waals surface area contributed by atoms with E-state index in [-0.39, 0.29) is 24.8 Å². The summed E-state index contributed by atoms with van der Waals surface area (Å²) in [4.78, 5) is 27.8. The second kappa shape index (κ2) is 11.6. The van der Waals surface area contributed by atoms with Crippen molar-refractivity contribution >= 4 is 46.6 Å². The molecule has 2 aromatic rings. The highest BCUT2D eigenvalue weighted by Crippen LogP contribution is 2.25. The number of nitrogens with zero attached hydrogens (tertiary/aromatic N) is 1. The molecule has 0 aromatic heterocycles. The first-order chi connectivity index (χ1) is 14.2. The van der Waals surface area contributed by atoms with Crippen molar-refractivity contribution in [2.75, 3.05) is 6.54 Å². The molecule has 0 bridgehead atoms. The molecule has 0 aliphatic heterocycles. The van der Waals surface area contributed by atoms with Crippen molar-refractivity contribution in [1.82, 2.24) is 10.2 Å². The van der Waals surface area contributed by atoms with Gasteiger partial charge in [-0.05, 0) is 41.7 Å². The van der Waals surface area contributed by atoms with Gasteiger partial charge in [0.2, 0.25) is 11.8 Å². The summed E-state index contributed by atoms with van der Waals surface area (Å²) < 4.78 is 0. The second-order valence-electron chi connectivity index (χ2n) is 7.59. The number of benzene rings is 2. The van der Waals surface area contributed by atoms with Crippen LogP contribution in [0.4, 0.5) is 0 Å². The lowest BCUT2D eigenvalue weighted by Crippen LogP contribution is -2.50. The van der Waals surface area contributed by atoms with Crippen LogP contribution in [0.15, 0.2) is 42.5 Å². The molecule has 30 heavy (non-hydrogen) atoms. The highest BCUT2D eigenvalue weighted by atomic mass is 35.5. The summed E-state index contributed by atoms with van der Waals surface area (Å²) in [6.45, 7) is 6.68. The van der Waals surface area contributed by atoms with Gasteiger partial charge in [-0.15, -0.1) is 0 Å².